The van der Waals surface area contributed by atoms with Crippen molar-refractivity contribution < 1.29 is 9.36 Å². The minimum atomic E-state index is -0.676. The lowest BCUT2D eigenvalue weighted by atomic mass is 10.1. The Morgan fingerprint density at radius 3 is 2.55 bits per heavy atom. The lowest BCUT2D eigenvalue weighted by Gasteiger charge is -2.10. The number of halogens is 1. The molecule has 9 heteroatoms. The van der Waals surface area contributed by atoms with Crippen LogP contribution in [0.25, 0.3) is 11.3 Å². The molecule has 2 N–H and O–H groups in total. The molecule has 2 aromatic heterocycles. The number of hydrogen-bond acceptors (Lipinski definition) is 4. The Morgan fingerprint density at radius 2 is 1.86 bits per heavy atom. The highest BCUT2D eigenvalue weighted by molar-refractivity contribution is 6.30. The maximum atomic E-state index is 13.0. The number of fused-ring (bicyclic) bond motifs is 1. The van der Waals surface area contributed by atoms with Crippen LogP contribution in [-0.4, -0.2) is 19.5 Å². The zero-order chi connectivity index (χ0) is 20.9. The van der Waals surface area contributed by atoms with E-state index in [9.17, 15) is 14.4 Å². The number of benzene rings is 1. The number of carbonyl (C=O) groups excluding carboxylic acids is 1. The van der Waals surface area contributed by atoms with Gasteiger partial charge in [0.15, 0.2) is 12.2 Å². The van der Waals surface area contributed by atoms with Crippen LogP contribution in [0.2, 0.25) is 5.02 Å². The first-order valence-electron chi connectivity index (χ1n) is 9.26. The maximum absolute atomic E-state index is 13.0. The van der Waals surface area contributed by atoms with Crippen LogP contribution in [0, 0.1) is 0 Å². The fourth-order valence-electron chi connectivity index (χ4n) is 3.85. The van der Waals surface area contributed by atoms with Gasteiger partial charge in [-0.2, -0.15) is 0 Å². The van der Waals surface area contributed by atoms with Crippen molar-refractivity contribution in [3.8, 4) is 11.3 Å². The number of rotatable bonds is 4. The monoisotopic (exact) mass is 414 g/mol. The molecule has 8 nitrogen and oxygen atoms in total. The van der Waals surface area contributed by atoms with Crippen molar-refractivity contribution in [2.75, 3.05) is 5.73 Å². The summed E-state index contributed by atoms with van der Waals surface area (Å²) in [5.41, 5.74) is 6.52. The van der Waals surface area contributed by atoms with E-state index in [0.717, 1.165) is 45.6 Å². The van der Waals surface area contributed by atoms with Gasteiger partial charge in [-0.05, 0) is 30.7 Å². The Kier molecular flexibility index (Phi) is 4.66. The summed E-state index contributed by atoms with van der Waals surface area (Å²) in [6.07, 6.45) is 3.73. The van der Waals surface area contributed by atoms with Gasteiger partial charge < -0.3 is 5.73 Å². The molecule has 29 heavy (non-hydrogen) atoms. The third-order valence-corrected chi connectivity index (χ3v) is 5.69. The van der Waals surface area contributed by atoms with E-state index in [1.54, 1.807) is 0 Å². The number of carbonyl (C=O) groups is 1. The quantitative estimate of drug-likeness (QED) is 0.507. The molecule has 0 unspecified atom stereocenters. The summed E-state index contributed by atoms with van der Waals surface area (Å²) >= 11 is 6.00. The number of Topliss-reactive ketones (excluding diaryl/α,β-unsaturated/α-hetero) is 1. The van der Waals surface area contributed by atoms with Gasteiger partial charge in [0.2, 0.25) is 5.78 Å². The second-order valence-corrected chi connectivity index (χ2v) is 7.65. The van der Waals surface area contributed by atoms with E-state index >= 15 is 0 Å². The molecule has 150 valence electrons. The molecule has 0 saturated heterocycles. The number of hydrogen-bond donors (Lipinski definition) is 1. The van der Waals surface area contributed by atoms with Gasteiger partial charge in [-0.1, -0.05) is 11.6 Å². The highest BCUT2D eigenvalue weighted by atomic mass is 35.5. The van der Waals surface area contributed by atoms with E-state index in [1.165, 1.54) is 14.1 Å². The summed E-state index contributed by atoms with van der Waals surface area (Å²) in [7, 11) is 2.78. The van der Waals surface area contributed by atoms with Crippen LogP contribution in [0.4, 0.5) is 5.82 Å². The van der Waals surface area contributed by atoms with Gasteiger partial charge in [0.05, 0.1) is 13.0 Å². The molecule has 4 rings (SSSR count). The average Bonchev–Trinajstić information content (AvgIpc) is 3.30. The molecule has 3 heterocycles. The summed E-state index contributed by atoms with van der Waals surface area (Å²) in [6, 6.07) is 7.54. The number of ketones is 1. The summed E-state index contributed by atoms with van der Waals surface area (Å²) in [6.45, 7) is 0.832. The first-order chi connectivity index (χ1) is 13.8. The maximum Gasteiger partial charge on any atom is 0.332 e. The minimum absolute atomic E-state index is 0.0272. The number of nitrogens with zero attached hydrogens (tertiary/aromatic N) is 4. The summed E-state index contributed by atoms with van der Waals surface area (Å²) in [5.74, 6) is 0.479. The number of aromatic nitrogens is 4. The van der Waals surface area contributed by atoms with Crippen LogP contribution in [-0.2, 0) is 33.6 Å². The third-order valence-electron chi connectivity index (χ3n) is 5.44. The zero-order valence-electron chi connectivity index (χ0n) is 16.2. The van der Waals surface area contributed by atoms with Crippen molar-refractivity contribution in [3.63, 3.8) is 0 Å². The van der Waals surface area contributed by atoms with Crippen LogP contribution < -0.4 is 21.5 Å². The largest absolute Gasteiger partial charge is 0.384 e. The number of imidazole rings is 1. The van der Waals surface area contributed by atoms with Gasteiger partial charge >= 0.3 is 5.69 Å². The predicted octanol–water partition coefficient (Wildman–Crippen LogP) is 0.905. The van der Waals surface area contributed by atoms with Crippen molar-refractivity contribution in [3.05, 3.63) is 67.7 Å². The number of anilines is 1. The van der Waals surface area contributed by atoms with E-state index in [4.69, 9.17) is 17.3 Å². The van der Waals surface area contributed by atoms with Gasteiger partial charge in [-0.3, -0.25) is 18.7 Å². The van der Waals surface area contributed by atoms with Crippen molar-refractivity contribution >= 4 is 23.2 Å². The Bertz CT molecular complexity index is 1250. The summed E-state index contributed by atoms with van der Waals surface area (Å²) < 4.78 is 6.06. The van der Waals surface area contributed by atoms with Crippen LogP contribution in [0.5, 0.6) is 0 Å². The van der Waals surface area contributed by atoms with E-state index in [-0.39, 0.29) is 17.9 Å². The second kappa shape index (κ2) is 7.04. The van der Waals surface area contributed by atoms with E-state index in [2.05, 4.69) is 4.57 Å². The van der Waals surface area contributed by atoms with E-state index in [1.807, 2.05) is 35.0 Å². The molecule has 0 fully saturated rings. The lowest BCUT2D eigenvalue weighted by molar-refractivity contribution is -0.689. The van der Waals surface area contributed by atoms with Gasteiger partial charge in [-0.25, -0.2) is 13.9 Å². The van der Waals surface area contributed by atoms with Crippen molar-refractivity contribution in [1.29, 1.82) is 0 Å². The van der Waals surface area contributed by atoms with Crippen LogP contribution in [0.1, 0.15) is 22.6 Å². The summed E-state index contributed by atoms with van der Waals surface area (Å²) in [4.78, 5) is 37.5. The third kappa shape index (κ3) is 3.09. The average molecular weight is 415 g/mol. The highest BCUT2D eigenvalue weighted by Gasteiger charge is 2.31. The fourth-order valence-corrected chi connectivity index (χ4v) is 3.98. The standard InChI is InChI=1S/C20H20ClN5O3/c1-23-18(22)17(19(28)24(2)20(23)29)15(27)11-25-10-14(26-9-3-4-16(25)26)12-5-7-13(21)8-6-12/h5-8,10H,3-4,9,11H2,1-2H3,(H-,22,27,28)/p+1. The SMILES string of the molecule is Cn1c(N)c(C(=O)C[n+]2cc(-c3ccc(Cl)cc3)n3c2CCC3)c(=O)n(C)c1=O. The number of nitrogens with two attached hydrogens (primary N) is 1. The van der Waals surface area contributed by atoms with Crippen LogP contribution in [0.15, 0.2) is 40.1 Å². The number of nitrogen functional groups attached to an aromatic ring is 1. The van der Waals surface area contributed by atoms with Crippen molar-refractivity contribution in [1.82, 2.24) is 13.7 Å². The minimum Gasteiger partial charge on any atom is -0.384 e. The van der Waals surface area contributed by atoms with Gasteiger partial charge in [0.25, 0.3) is 11.4 Å². The van der Waals surface area contributed by atoms with E-state index in [0.29, 0.717) is 5.02 Å². The van der Waals surface area contributed by atoms with Gasteiger partial charge in [0, 0.05) is 24.7 Å². The molecule has 0 amide bonds. The van der Waals surface area contributed by atoms with Gasteiger partial charge in [0.1, 0.15) is 17.6 Å². The molecule has 1 aliphatic rings. The first-order valence-corrected chi connectivity index (χ1v) is 9.64. The fraction of sp³-hybridized carbons (Fsp3) is 0.300. The molecule has 0 radical (unpaired) electrons. The Morgan fingerprint density at radius 1 is 1.17 bits per heavy atom. The molecular weight excluding hydrogens is 394 g/mol. The molecular formula is C20H21ClN5O3+. The van der Waals surface area contributed by atoms with Crippen LogP contribution in [0.3, 0.4) is 0 Å². The highest BCUT2D eigenvalue weighted by Crippen LogP contribution is 2.26. The van der Waals surface area contributed by atoms with Gasteiger partial charge in [-0.15, -0.1) is 0 Å². The molecule has 0 atom stereocenters. The smallest absolute Gasteiger partial charge is 0.332 e. The molecule has 0 aliphatic carbocycles. The van der Waals surface area contributed by atoms with Crippen molar-refractivity contribution in [2.45, 2.75) is 25.9 Å². The summed E-state index contributed by atoms with van der Waals surface area (Å²) in [5, 5.41) is 0.658. The molecule has 0 bridgehead atoms. The Hall–Kier alpha value is -3.13. The molecule has 1 aromatic carbocycles. The predicted molar refractivity (Wildman–Crippen MR) is 109 cm³/mol. The molecule has 1 aliphatic heterocycles. The van der Waals surface area contributed by atoms with E-state index < -0.39 is 17.0 Å². The molecule has 0 spiro atoms. The Balaban J connectivity index is 1.76. The Labute approximate surface area is 171 Å². The van der Waals surface area contributed by atoms with Crippen molar-refractivity contribution in [2.24, 2.45) is 14.1 Å². The topological polar surface area (TPSA) is 95.9 Å². The second-order valence-electron chi connectivity index (χ2n) is 7.21. The zero-order valence-corrected chi connectivity index (χ0v) is 16.9. The lowest BCUT2D eigenvalue weighted by Crippen LogP contribution is -2.45. The molecule has 3 aromatic rings. The van der Waals surface area contributed by atoms with Crippen LogP contribution >= 0.6 is 11.6 Å². The molecule has 0 saturated carbocycles. The first kappa shape index (κ1) is 19.2. The normalized spacial score (nSPS) is 12.9.